The summed E-state index contributed by atoms with van der Waals surface area (Å²) in [6.07, 6.45) is 5.93. The molecule has 1 aliphatic carbocycles. The second-order valence-electron chi connectivity index (χ2n) is 8.13. The van der Waals surface area contributed by atoms with Crippen LogP contribution in [0.3, 0.4) is 0 Å². The third-order valence-electron chi connectivity index (χ3n) is 5.69. The van der Waals surface area contributed by atoms with E-state index in [1.807, 2.05) is 18.5 Å². The Hall–Kier alpha value is -0.900. The number of rotatable bonds is 10. The quantitative estimate of drug-likeness (QED) is 0.220. The van der Waals surface area contributed by atoms with E-state index in [4.69, 9.17) is 9.73 Å². The molecule has 1 saturated carbocycles. The molecule has 0 spiro atoms. The number of halogens is 1. The zero-order chi connectivity index (χ0) is 19.9. The maximum Gasteiger partial charge on any atom is 0.191 e. The van der Waals surface area contributed by atoms with E-state index in [0.717, 1.165) is 56.4 Å². The van der Waals surface area contributed by atoms with Crippen molar-refractivity contribution in [3.8, 4) is 0 Å². The predicted molar refractivity (Wildman–Crippen MR) is 125 cm³/mol. The van der Waals surface area contributed by atoms with E-state index in [-0.39, 0.29) is 29.4 Å². The summed E-state index contributed by atoms with van der Waals surface area (Å²) >= 11 is 0. The summed E-state index contributed by atoms with van der Waals surface area (Å²) in [5.74, 6) is 2.63. The first kappa shape index (κ1) is 25.1. The molecule has 2 rings (SSSR count). The molecule has 1 heterocycles. The van der Waals surface area contributed by atoms with Crippen LogP contribution in [0.15, 0.2) is 4.99 Å². The van der Waals surface area contributed by atoms with Crippen LogP contribution in [0.2, 0.25) is 0 Å². The summed E-state index contributed by atoms with van der Waals surface area (Å²) in [7, 11) is 1.98. The summed E-state index contributed by atoms with van der Waals surface area (Å²) in [6, 6.07) is 0.359. The average molecular weight is 506 g/mol. The first-order valence-corrected chi connectivity index (χ1v) is 10.4. The van der Waals surface area contributed by atoms with E-state index in [2.05, 4.69) is 48.5 Å². The van der Waals surface area contributed by atoms with Gasteiger partial charge in [0.25, 0.3) is 0 Å². The van der Waals surface area contributed by atoms with Crippen LogP contribution >= 0.6 is 24.0 Å². The van der Waals surface area contributed by atoms with Gasteiger partial charge in [0.15, 0.2) is 11.8 Å². The molecule has 7 nitrogen and oxygen atoms in total. The molecule has 28 heavy (non-hydrogen) atoms. The lowest BCUT2D eigenvalue weighted by atomic mass is 9.64. The first-order valence-electron chi connectivity index (χ1n) is 10.4. The van der Waals surface area contributed by atoms with E-state index < -0.39 is 0 Å². The van der Waals surface area contributed by atoms with Gasteiger partial charge in [-0.25, -0.2) is 4.99 Å². The summed E-state index contributed by atoms with van der Waals surface area (Å²) in [4.78, 5) is 4.76. The maximum absolute atomic E-state index is 6.07. The van der Waals surface area contributed by atoms with Crippen LogP contribution in [-0.4, -0.2) is 46.0 Å². The Morgan fingerprint density at radius 1 is 1.25 bits per heavy atom. The zero-order valence-corrected chi connectivity index (χ0v) is 20.7. The SMILES string of the molecule is CCCCNC(=NCc1nnc(C)n1C)NC1CC(OCCCC)C1(C)C.I. The van der Waals surface area contributed by atoms with E-state index in [0.29, 0.717) is 18.7 Å². The van der Waals surface area contributed by atoms with Gasteiger partial charge in [-0.1, -0.05) is 40.5 Å². The maximum atomic E-state index is 6.07. The van der Waals surface area contributed by atoms with Crippen molar-refractivity contribution < 1.29 is 4.74 Å². The molecule has 162 valence electrons. The summed E-state index contributed by atoms with van der Waals surface area (Å²) in [5.41, 5.74) is 0.0995. The zero-order valence-electron chi connectivity index (χ0n) is 18.4. The van der Waals surface area contributed by atoms with Crippen molar-refractivity contribution in [3.63, 3.8) is 0 Å². The second kappa shape index (κ2) is 11.9. The Morgan fingerprint density at radius 2 is 1.96 bits per heavy atom. The first-order chi connectivity index (χ1) is 12.9. The van der Waals surface area contributed by atoms with Crippen molar-refractivity contribution in [3.05, 3.63) is 11.6 Å². The third-order valence-corrected chi connectivity index (χ3v) is 5.69. The van der Waals surface area contributed by atoms with Crippen molar-refractivity contribution in [2.24, 2.45) is 17.5 Å². The number of hydrogen-bond acceptors (Lipinski definition) is 4. The fraction of sp³-hybridized carbons (Fsp3) is 0.850. The van der Waals surface area contributed by atoms with Crippen molar-refractivity contribution in [2.75, 3.05) is 13.2 Å². The van der Waals surface area contributed by atoms with E-state index >= 15 is 0 Å². The van der Waals surface area contributed by atoms with Crippen LogP contribution in [0, 0.1) is 12.3 Å². The molecule has 8 heteroatoms. The monoisotopic (exact) mass is 506 g/mol. The van der Waals surface area contributed by atoms with E-state index in [1.54, 1.807) is 0 Å². The van der Waals surface area contributed by atoms with E-state index in [1.165, 1.54) is 6.42 Å². The lowest BCUT2D eigenvalue weighted by molar-refractivity contribution is -0.113. The molecule has 1 fully saturated rings. The van der Waals surface area contributed by atoms with Gasteiger partial charge in [-0.3, -0.25) is 0 Å². The Labute approximate surface area is 187 Å². The number of nitrogens with one attached hydrogen (secondary N) is 2. The van der Waals surface area contributed by atoms with Gasteiger partial charge < -0.3 is 19.9 Å². The second-order valence-corrected chi connectivity index (χ2v) is 8.13. The Morgan fingerprint density at radius 3 is 2.54 bits per heavy atom. The smallest absolute Gasteiger partial charge is 0.191 e. The lowest BCUT2D eigenvalue weighted by Crippen LogP contribution is -2.63. The summed E-state index contributed by atoms with van der Waals surface area (Å²) in [5, 5.41) is 15.4. The summed E-state index contributed by atoms with van der Waals surface area (Å²) < 4.78 is 8.05. The fourth-order valence-electron chi connectivity index (χ4n) is 3.22. The number of guanidine groups is 1. The van der Waals surface area contributed by atoms with Crippen LogP contribution in [0.5, 0.6) is 0 Å². The average Bonchev–Trinajstić information content (AvgIpc) is 2.96. The van der Waals surface area contributed by atoms with Gasteiger partial charge in [-0.15, -0.1) is 34.2 Å². The molecule has 0 aromatic carbocycles. The van der Waals surface area contributed by atoms with Gasteiger partial charge in [0, 0.05) is 31.7 Å². The van der Waals surface area contributed by atoms with Crippen LogP contribution in [0.25, 0.3) is 0 Å². The van der Waals surface area contributed by atoms with Crippen molar-refractivity contribution in [2.45, 2.75) is 85.4 Å². The third kappa shape index (κ3) is 6.57. The lowest BCUT2D eigenvalue weighted by Gasteiger charge is -2.52. The Kier molecular flexibility index (Phi) is 10.7. The Balaban J connectivity index is 0.00000392. The van der Waals surface area contributed by atoms with Crippen LogP contribution in [0.4, 0.5) is 0 Å². The fourth-order valence-corrected chi connectivity index (χ4v) is 3.22. The number of ether oxygens (including phenoxy) is 1. The van der Waals surface area contributed by atoms with Crippen LogP contribution < -0.4 is 10.6 Å². The Bertz CT molecular complexity index is 616. The summed E-state index contributed by atoms with van der Waals surface area (Å²) in [6.45, 7) is 13.2. The molecule has 1 aromatic heterocycles. The molecular formula is C20H39IN6O. The number of aliphatic imine (C=N–C) groups is 1. The van der Waals surface area contributed by atoms with Gasteiger partial charge in [-0.2, -0.15) is 0 Å². The minimum Gasteiger partial charge on any atom is -0.378 e. The molecule has 0 saturated heterocycles. The molecule has 1 aliphatic rings. The van der Waals surface area contributed by atoms with Crippen LogP contribution in [0.1, 0.15) is 71.4 Å². The van der Waals surface area contributed by atoms with Gasteiger partial charge in [0.2, 0.25) is 0 Å². The highest BCUT2D eigenvalue weighted by atomic mass is 127. The number of aromatic nitrogens is 3. The highest BCUT2D eigenvalue weighted by molar-refractivity contribution is 14.0. The van der Waals surface area contributed by atoms with Gasteiger partial charge in [0.1, 0.15) is 12.4 Å². The molecule has 0 aliphatic heterocycles. The molecule has 2 unspecified atom stereocenters. The molecule has 0 radical (unpaired) electrons. The van der Waals surface area contributed by atoms with Gasteiger partial charge >= 0.3 is 0 Å². The molecule has 0 bridgehead atoms. The van der Waals surface area contributed by atoms with Crippen molar-refractivity contribution >= 4 is 29.9 Å². The van der Waals surface area contributed by atoms with E-state index in [9.17, 15) is 0 Å². The topological polar surface area (TPSA) is 76.4 Å². The van der Waals surface area contributed by atoms with Crippen LogP contribution in [-0.2, 0) is 18.3 Å². The molecular weight excluding hydrogens is 467 g/mol. The largest absolute Gasteiger partial charge is 0.378 e. The van der Waals surface area contributed by atoms with Crippen molar-refractivity contribution in [1.29, 1.82) is 0 Å². The number of unbranched alkanes of at least 4 members (excludes halogenated alkanes) is 2. The molecule has 2 atom stereocenters. The normalized spacial score (nSPS) is 21.0. The number of hydrogen-bond donors (Lipinski definition) is 2. The molecule has 2 N–H and O–H groups in total. The minimum absolute atomic E-state index is 0. The van der Waals surface area contributed by atoms with Gasteiger partial charge in [-0.05, 0) is 26.2 Å². The number of aryl methyl sites for hydroxylation is 1. The minimum atomic E-state index is 0. The predicted octanol–water partition coefficient (Wildman–Crippen LogP) is 3.56. The number of nitrogens with zero attached hydrogens (tertiary/aromatic N) is 4. The van der Waals surface area contributed by atoms with Crippen molar-refractivity contribution in [1.82, 2.24) is 25.4 Å². The highest BCUT2D eigenvalue weighted by Gasteiger charge is 2.49. The molecule has 0 amide bonds. The molecule has 1 aromatic rings. The highest BCUT2D eigenvalue weighted by Crippen LogP contribution is 2.42. The standard InChI is InChI=1S/C20H38N6O.HI/c1-7-9-11-21-19(22-14-18-25-24-15(3)26(18)6)23-16-13-17(20(16,4)5)27-12-10-8-2;/h16-17H,7-14H2,1-6H3,(H2,21,22,23);1H. The van der Waals surface area contributed by atoms with Gasteiger partial charge in [0.05, 0.1) is 6.10 Å².